The van der Waals surface area contributed by atoms with Gasteiger partial charge in [-0.15, -0.1) is 0 Å². The van der Waals surface area contributed by atoms with Gasteiger partial charge in [-0.2, -0.15) is 0 Å². The highest BCUT2D eigenvalue weighted by atomic mass is 15.2. The van der Waals surface area contributed by atoms with E-state index in [1.165, 1.54) is 43.2 Å². The van der Waals surface area contributed by atoms with E-state index in [-0.39, 0.29) is 0 Å². The molecule has 2 N–H and O–H groups in total. The van der Waals surface area contributed by atoms with Gasteiger partial charge >= 0.3 is 0 Å². The van der Waals surface area contributed by atoms with Gasteiger partial charge in [0.2, 0.25) is 0 Å². The molecule has 0 aromatic carbocycles. The van der Waals surface area contributed by atoms with Gasteiger partial charge in [0.25, 0.3) is 0 Å². The normalized spacial score (nSPS) is 16.8. The van der Waals surface area contributed by atoms with Gasteiger partial charge < -0.3 is 10.6 Å². The third-order valence-corrected chi connectivity index (χ3v) is 4.10. The summed E-state index contributed by atoms with van der Waals surface area (Å²) < 4.78 is 0. The van der Waals surface area contributed by atoms with Crippen LogP contribution in [0, 0.1) is 6.92 Å². The van der Waals surface area contributed by atoms with Crippen LogP contribution in [0.5, 0.6) is 0 Å². The van der Waals surface area contributed by atoms with Crippen LogP contribution in [0.25, 0.3) is 0 Å². The lowest BCUT2D eigenvalue weighted by Crippen LogP contribution is -2.38. The van der Waals surface area contributed by atoms with E-state index in [4.69, 9.17) is 5.73 Å². The van der Waals surface area contributed by atoms with Crippen molar-refractivity contribution in [1.29, 1.82) is 0 Å². The Bertz CT molecular complexity index is 383. The first kappa shape index (κ1) is 13.3. The second-order valence-corrected chi connectivity index (χ2v) is 5.21. The molecule has 1 heterocycles. The first-order valence-electron chi connectivity index (χ1n) is 7.19. The van der Waals surface area contributed by atoms with Gasteiger partial charge in [-0.25, -0.2) is 4.98 Å². The summed E-state index contributed by atoms with van der Waals surface area (Å²) in [7, 11) is 0. The highest BCUT2D eigenvalue weighted by molar-refractivity contribution is 5.51. The number of pyridine rings is 1. The summed E-state index contributed by atoms with van der Waals surface area (Å²) in [5.74, 6) is 1.12. The summed E-state index contributed by atoms with van der Waals surface area (Å²) in [6.07, 6.45) is 8.60. The van der Waals surface area contributed by atoms with E-state index >= 15 is 0 Å². The molecule has 0 atom stereocenters. The predicted molar refractivity (Wildman–Crippen MR) is 76.8 cm³/mol. The van der Waals surface area contributed by atoms with Crippen molar-refractivity contribution in [3.05, 3.63) is 23.4 Å². The number of rotatable bonds is 4. The van der Waals surface area contributed by atoms with Gasteiger partial charge in [-0.05, 0) is 38.3 Å². The Balaban J connectivity index is 2.28. The lowest BCUT2D eigenvalue weighted by Gasteiger charge is -2.35. The third kappa shape index (κ3) is 2.66. The first-order valence-corrected chi connectivity index (χ1v) is 7.19. The lowest BCUT2D eigenvalue weighted by atomic mass is 9.93. The Labute approximate surface area is 110 Å². The molecule has 1 saturated carbocycles. The zero-order valence-electron chi connectivity index (χ0n) is 11.7. The Morgan fingerprint density at radius 2 is 2.06 bits per heavy atom. The molecule has 0 radical (unpaired) electrons. The molecule has 0 amide bonds. The molecule has 100 valence electrons. The van der Waals surface area contributed by atoms with E-state index in [0.29, 0.717) is 12.6 Å². The molecule has 1 aliphatic carbocycles. The Morgan fingerprint density at radius 1 is 1.33 bits per heavy atom. The minimum absolute atomic E-state index is 0.582. The zero-order valence-corrected chi connectivity index (χ0v) is 11.7. The van der Waals surface area contributed by atoms with Crippen molar-refractivity contribution in [2.45, 2.75) is 58.5 Å². The standard InChI is InChI=1S/C15H25N3/c1-3-18(13-7-5-4-6-8-13)15-14(11-16)12(2)9-10-17-15/h9-10,13H,3-8,11,16H2,1-2H3. The fraction of sp³-hybridized carbons (Fsp3) is 0.667. The summed E-state index contributed by atoms with van der Waals surface area (Å²) in [5.41, 5.74) is 8.38. The summed E-state index contributed by atoms with van der Waals surface area (Å²) in [6.45, 7) is 5.95. The Hall–Kier alpha value is -1.09. The summed E-state index contributed by atoms with van der Waals surface area (Å²) >= 11 is 0. The smallest absolute Gasteiger partial charge is 0.133 e. The molecule has 0 aliphatic heterocycles. The van der Waals surface area contributed by atoms with E-state index in [1.807, 2.05) is 6.20 Å². The molecule has 0 unspecified atom stereocenters. The van der Waals surface area contributed by atoms with Gasteiger partial charge in [-0.3, -0.25) is 0 Å². The van der Waals surface area contributed by atoms with E-state index in [2.05, 4.69) is 29.8 Å². The average molecular weight is 247 g/mol. The molecule has 1 aromatic heterocycles. The third-order valence-electron chi connectivity index (χ3n) is 4.10. The van der Waals surface area contributed by atoms with E-state index < -0.39 is 0 Å². The number of nitrogens with two attached hydrogens (primary N) is 1. The van der Waals surface area contributed by atoms with Crippen LogP contribution in [0.1, 0.15) is 50.2 Å². The van der Waals surface area contributed by atoms with Crippen LogP contribution < -0.4 is 10.6 Å². The van der Waals surface area contributed by atoms with E-state index in [0.717, 1.165) is 12.4 Å². The van der Waals surface area contributed by atoms with Crippen molar-refractivity contribution in [2.24, 2.45) is 5.73 Å². The molecule has 2 rings (SSSR count). The molecule has 18 heavy (non-hydrogen) atoms. The van der Waals surface area contributed by atoms with Gasteiger partial charge in [-0.1, -0.05) is 19.3 Å². The number of hydrogen-bond donors (Lipinski definition) is 1. The van der Waals surface area contributed by atoms with Crippen molar-refractivity contribution in [2.75, 3.05) is 11.4 Å². The SMILES string of the molecule is CCN(c1nccc(C)c1CN)C1CCCCC1. The van der Waals surface area contributed by atoms with Crippen LogP contribution in [0.2, 0.25) is 0 Å². The van der Waals surface area contributed by atoms with Crippen molar-refractivity contribution in [3.8, 4) is 0 Å². The maximum Gasteiger partial charge on any atom is 0.133 e. The number of aromatic nitrogens is 1. The van der Waals surface area contributed by atoms with Crippen LogP contribution in [0.3, 0.4) is 0 Å². The van der Waals surface area contributed by atoms with Crippen molar-refractivity contribution < 1.29 is 0 Å². The molecule has 0 saturated heterocycles. The monoisotopic (exact) mass is 247 g/mol. The number of nitrogens with zero attached hydrogens (tertiary/aromatic N) is 2. The van der Waals surface area contributed by atoms with E-state index in [9.17, 15) is 0 Å². The minimum Gasteiger partial charge on any atom is -0.354 e. The van der Waals surface area contributed by atoms with Crippen LogP contribution in [-0.2, 0) is 6.54 Å². The van der Waals surface area contributed by atoms with Crippen LogP contribution in [-0.4, -0.2) is 17.6 Å². The summed E-state index contributed by atoms with van der Waals surface area (Å²) in [6, 6.07) is 2.71. The fourth-order valence-corrected chi connectivity index (χ4v) is 3.05. The maximum absolute atomic E-state index is 5.91. The Kier molecular flexibility index (Phi) is 4.59. The number of anilines is 1. The summed E-state index contributed by atoms with van der Waals surface area (Å²) in [5, 5.41) is 0. The Morgan fingerprint density at radius 3 is 2.67 bits per heavy atom. The number of aryl methyl sites for hydroxylation is 1. The van der Waals surface area contributed by atoms with Crippen LogP contribution in [0.4, 0.5) is 5.82 Å². The molecule has 1 aromatic rings. The van der Waals surface area contributed by atoms with E-state index in [1.54, 1.807) is 0 Å². The first-order chi connectivity index (χ1) is 8.77. The fourth-order valence-electron chi connectivity index (χ4n) is 3.05. The van der Waals surface area contributed by atoms with Crippen molar-refractivity contribution in [3.63, 3.8) is 0 Å². The topological polar surface area (TPSA) is 42.2 Å². The molecular weight excluding hydrogens is 222 g/mol. The van der Waals surface area contributed by atoms with Crippen molar-refractivity contribution in [1.82, 2.24) is 4.98 Å². The van der Waals surface area contributed by atoms with Crippen LogP contribution in [0.15, 0.2) is 12.3 Å². The maximum atomic E-state index is 5.91. The van der Waals surface area contributed by atoms with Gasteiger partial charge in [0.1, 0.15) is 5.82 Å². The van der Waals surface area contributed by atoms with Gasteiger partial charge in [0, 0.05) is 30.9 Å². The zero-order chi connectivity index (χ0) is 13.0. The molecule has 0 spiro atoms. The second kappa shape index (κ2) is 6.19. The van der Waals surface area contributed by atoms with Crippen molar-refractivity contribution >= 4 is 5.82 Å². The largest absolute Gasteiger partial charge is 0.354 e. The molecule has 0 bridgehead atoms. The highest BCUT2D eigenvalue weighted by Gasteiger charge is 2.23. The predicted octanol–water partition coefficient (Wildman–Crippen LogP) is 3.01. The quantitative estimate of drug-likeness (QED) is 0.889. The van der Waals surface area contributed by atoms with Gasteiger partial charge in [0.05, 0.1) is 0 Å². The molecule has 3 heteroatoms. The molecule has 1 aliphatic rings. The second-order valence-electron chi connectivity index (χ2n) is 5.21. The molecular formula is C15H25N3. The lowest BCUT2D eigenvalue weighted by molar-refractivity contribution is 0.415. The number of hydrogen-bond acceptors (Lipinski definition) is 3. The molecule has 1 fully saturated rings. The highest BCUT2D eigenvalue weighted by Crippen LogP contribution is 2.29. The van der Waals surface area contributed by atoms with Crippen LogP contribution >= 0.6 is 0 Å². The summed E-state index contributed by atoms with van der Waals surface area (Å²) in [4.78, 5) is 7.07. The van der Waals surface area contributed by atoms with Gasteiger partial charge in [0.15, 0.2) is 0 Å². The average Bonchev–Trinajstić information content (AvgIpc) is 2.41. The molecule has 3 nitrogen and oxygen atoms in total. The minimum atomic E-state index is 0.582.